The second kappa shape index (κ2) is 23.1. The van der Waals surface area contributed by atoms with Gasteiger partial charge in [0.25, 0.3) is 0 Å². The van der Waals surface area contributed by atoms with Crippen LogP contribution in [0.1, 0.15) is 56.4 Å². The molecule has 47 heavy (non-hydrogen) atoms. The third-order valence-corrected chi connectivity index (χ3v) is 7.47. The van der Waals surface area contributed by atoms with Gasteiger partial charge in [-0.1, -0.05) is 76.2 Å². The third kappa shape index (κ3) is 15.4. The van der Waals surface area contributed by atoms with Crippen LogP contribution in [-0.4, -0.2) is 65.5 Å². The van der Waals surface area contributed by atoms with E-state index in [4.69, 9.17) is 19.7 Å². The maximum Gasteiger partial charge on any atom is 1.00 e. The number of epoxide rings is 1. The van der Waals surface area contributed by atoms with E-state index in [0.717, 1.165) is 35.8 Å². The van der Waals surface area contributed by atoms with Gasteiger partial charge in [0.05, 0.1) is 26.4 Å². The molecule has 247 valence electrons. The molecule has 5 N–H and O–H groups in total. The number of phenolic OH excluding ortho intramolecular Hbond substituents is 2. The van der Waals surface area contributed by atoms with Gasteiger partial charge in [-0.2, -0.15) is 0 Å². The Labute approximate surface area is 347 Å². The van der Waals surface area contributed by atoms with Crippen molar-refractivity contribution < 1.29 is 124 Å². The first-order valence-electron chi connectivity index (χ1n) is 14.9. The number of benzene rings is 4. The number of rotatable bonds is 11. The predicted molar refractivity (Wildman–Crippen MR) is 176 cm³/mol. The largest absolute Gasteiger partial charge is 1.00 e. The molecule has 5 rings (SSSR count). The molecule has 0 bridgehead atoms. The molecule has 0 atom stereocenters. The fourth-order valence-electron chi connectivity index (χ4n) is 4.44. The van der Waals surface area contributed by atoms with Crippen molar-refractivity contribution >= 4 is 0 Å². The van der Waals surface area contributed by atoms with Crippen LogP contribution in [-0.2, 0) is 48.3 Å². The quantitative estimate of drug-likeness (QED) is 0.104. The van der Waals surface area contributed by atoms with E-state index in [0.29, 0.717) is 19.6 Å². The first kappa shape index (κ1) is 45.7. The van der Waals surface area contributed by atoms with Gasteiger partial charge in [-0.25, -0.2) is 0 Å². The van der Waals surface area contributed by atoms with E-state index in [-0.39, 0.29) is 125 Å². The number of hydrogen-bond acceptors (Lipinski definition) is 8. The molecule has 8 nitrogen and oxygen atoms in total. The van der Waals surface area contributed by atoms with Crippen LogP contribution >= 0.6 is 0 Å². The van der Waals surface area contributed by atoms with Crippen molar-refractivity contribution in [1.82, 2.24) is 0 Å². The van der Waals surface area contributed by atoms with Gasteiger partial charge in [0.2, 0.25) is 0 Å². The summed E-state index contributed by atoms with van der Waals surface area (Å²) >= 11 is 0. The molecule has 1 aliphatic rings. The average molecular weight is 748 g/mol. The average Bonchev–Trinajstić information content (AvgIpc) is 3.92. The number of aromatic hydroxyl groups is 2. The van der Waals surface area contributed by atoms with Gasteiger partial charge in [-0.15, -0.1) is 0 Å². The molecule has 1 heterocycles. The van der Waals surface area contributed by atoms with Gasteiger partial charge in [-0.3, -0.25) is 0 Å². The topological polar surface area (TPSA) is 142 Å². The zero-order valence-electron chi connectivity index (χ0n) is 28.2. The smallest absolute Gasteiger partial charge is 0.870 e. The van der Waals surface area contributed by atoms with Gasteiger partial charge in [0.15, 0.2) is 0 Å². The fraction of sp³-hybridized carbons (Fsp3) is 0.351. The maximum absolute atomic E-state index is 9.30. The van der Waals surface area contributed by atoms with Crippen LogP contribution in [0.3, 0.4) is 0 Å². The van der Waals surface area contributed by atoms with Crippen LogP contribution in [0.15, 0.2) is 97.1 Å². The third-order valence-electron chi connectivity index (χ3n) is 7.47. The molecule has 4 aromatic rings. The summed E-state index contributed by atoms with van der Waals surface area (Å²) in [6, 6.07) is 30.5. The summed E-state index contributed by atoms with van der Waals surface area (Å²) in [5.74, 6) is 2.12. The standard InChI is InChI=1S/C20H26O4.C15H16O2.C2H4O.K.H2O.Y/c1-20(2,17-6-10-19(11-7-17)24-15-13-22)16-4-8-18(9-5-16)23-14-3-12-21;1-15(2,11-3-7-13(16)8-4-11)12-5-9-14(17)10-6-12;1-2-3-1;;;/h4-11,21-22H,3,12-15H2,1-2H3;3-10,16-17H,1-2H3;1-2H2;;1H2;/q;;;+1;;/p-1. The number of phenols is 2. The first-order chi connectivity index (χ1) is 21.1. The van der Waals surface area contributed by atoms with E-state index >= 15 is 0 Å². The van der Waals surface area contributed by atoms with E-state index in [1.807, 2.05) is 48.5 Å². The van der Waals surface area contributed by atoms with Crippen molar-refractivity contribution in [3.8, 4) is 23.0 Å². The molecule has 10 heteroatoms. The Morgan fingerprint density at radius 2 is 0.851 bits per heavy atom. The number of aliphatic hydroxyl groups excluding tert-OH is 2. The van der Waals surface area contributed by atoms with Crippen molar-refractivity contribution in [2.45, 2.75) is 44.9 Å². The van der Waals surface area contributed by atoms with E-state index in [9.17, 15) is 10.2 Å². The molecular formula is C37H47KO8Y. The first-order valence-corrected chi connectivity index (χ1v) is 14.9. The van der Waals surface area contributed by atoms with Gasteiger partial charge in [-0.05, 0) is 70.8 Å². The summed E-state index contributed by atoms with van der Waals surface area (Å²) in [7, 11) is 0. The number of ether oxygens (including phenoxy) is 3. The Balaban J connectivity index is 0.000000807. The molecule has 1 radical (unpaired) electrons. The van der Waals surface area contributed by atoms with Gasteiger partial charge < -0.3 is 40.1 Å². The molecule has 0 aromatic heterocycles. The minimum Gasteiger partial charge on any atom is -0.870 e. The monoisotopic (exact) mass is 747 g/mol. The maximum atomic E-state index is 9.30. The molecule has 0 spiro atoms. The predicted octanol–water partition coefficient (Wildman–Crippen LogP) is 3.41. The van der Waals surface area contributed by atoms with Crippen LogP contribution in [0.4, 0.5) is 0 Å². The summed E-state index contributed by atoms with van der Waals surface area (Å²) in [4.78, 5) is 0. The van der Waals surface area contributed by atoms with E-state index < -0.39 is 0 Å². The second-order valence-corrected chi connectivity index (χ2v) is 11.5. The molecule has 1 fully saturated rings. The summed E-state index contributed by atoms with van der Waals surface area (Å²) in [6.45, 7) is 11.6. The summed E-state index contributed by atoms with van der Waals surface area (Å²) < 4.78 is 15.5. The molecule has 1 saturated heterocycles. The van der Waals surface area contributed by atoms with Gasteiger partial charge in [0.1, 0.15) is 29.6 Å². The van der Waals surface area contributed by atoms with Crippen molar-refractivity contribution in [3.05, 3.63) is 119 Å². The van der Waals surface area contributed by atoms with Crippen molar-refractivity contribution in [2.75, 3.05) is 39.6 Å². The molecule has 0 saturated carbocycles. The summed E-state index contributed by atoms with van der Waals surface area (Å²) in [5.41, 5.74) is 4.34. The summed E-state index contributed by atoms with van der Waals surface area (Å²) in [5, 5.41) is 36.2. The Kier molecular flexibility index (Phi) is 22.5. The van der Waals surface area contributed by atoms with Crippen molar-refractivity contribution in [2.24, 2.45) is 0 Å². The number of hydrogen-bond donors (Lipinski definition) is 4. The molecule has 4 aromatic carbocycles. The van der Waals surface area contributed by atoms with Crippen LogP contribution in [0.2, 0.25) is 0 Å². The SMILES string of the molecule is C1CO1.CC(C)(c1ccc(O)cc1)c1ccc(O)cc1.CC(C)(c1ccc(OCCO)cc1)c1ccc(OCCCO)cc1.[K+].[OH-].[Y]. The van der Waals surface area contributed by atoms with Crippen LogP contribution in [0, 0.1) is 0 Å². The molecule has 0 amide bonds. The molecule has 0 aliphatic carbocycles. The summed E-state index contributed by atoms with van der Waals surface area (Å²) in [6.07, 6.45) is 0.637. The molecule has 1 aliphatic heterocycles. The van der Waals surface area contributed by atoms with E-state index in [1.54, 1.807) is 24.3 Å². The fourth-order valence-corrected chi connectivity index (χ4v) is 4.44. The van der Waals surface area contributed by atoms with Gasteiger partial charge in [0, 0.05) is 56.6 Å². The minimum absolute atomic E-state index is 0. The Morgan fingerprint density at radius 1 is 0.553 bits per heavy atom. The number of aliphatic hydroxyl groups is 2. The van der Waals surface area contributed by atoms with Crippen LogP contribution in [0.5, 0.6) is 23.0 Å². The Morgan fingerprint density at radius 3 is 1.13 bits per heavy atom. The Bertz CT molecular complexity index is 1330. The van der Waals surface area contributed by atoms with Gasteiger partial charge >= 0.3 is 51.4 Å². The van der Waals surface area contributed by atoms with E-state index in [1.165, 1.54) is 11.1 Å². The van der Waals surface area contributed by atoms with Crippen molar-refractivity contribution in [1.29, 1.82) is 0 Å². The normalized spacial score (nSPS) is 11.4. The Hall–Kier alpha value is -1.34. The van der Waals surface area contributed by atoms with E-state index in [2.05, 4.69) is 56.7 Å². The molecule has 0 unspecified atom stereocenters. The minimum atomic E-state index is -0.151. The second-order valence-electron chi connectivity index (χ2n) is 11.5. The van der Waals surface area contributed by atoms with Crippen LogP contribution < -0.4 is 60.9 Å². The van der Waals surface area contributed by atoms with Crippen molar-refractivity contribution in [3.63, 3.8) is 0 Å². The zero-order chi connectivity index (χ0) is 32.0. The zero-order valence-corrected chi connectivity index (χ0v) is 34.2. The van der Waals surface area contributed by atoms with Crippen LogP contribution in [0.25, 0.3) is 0 Å². The molecular weight excluding hydrogens is 700 g/mol.